The molecule has 1 aromatic carbocycles. The number of rotatable bonds is 2. The first-order valence-corrected chi connectivity index (χ1v) is 6.92. The number of nitrogens with zero attached hydrogens (tertiary/aromatic N) is 2. The fourth-order valence-corrected chi connectivity index (χ4v) is 2.45. The SMILES string of the molecule is ClCc1cc(N2CCCOc3ccccc32)ccn1. The lowest BCUT2D eigenvalue weighted by atomic mass is 10.2. The van der Waals surface area contributed by atoms with Crippen molar-refractivity contribution in [1.82, 2.24) is 4.98 Å². The summed E-state index contributed by atoms with van der Waals surface area (Å²) in [5.41, 5.74) is 3.11. The Kier molecular flexibility index (Phi) is 3.56. The Morgan fingerprint density at radius 2 is 2.16 bits per heavy atom. The number of fused-ring (bicyclic) bond motifs is 1. The number of ether oxygens (including phenoxy) is 1. The van der Waals surface area contributed by atoms with Crippen molar-refractivity contribution in [3.8, 4) is 5.75 Å². The van der Waals surface area contributed by atoms with Gasteiger partial charge in [-0.15, -0.1) is 11.6 Å². The Morgan fingerprint density at radius 1 is 1.26 bits per heavy atom. The maximum absolute atomic E-state index is 5.86. The molecule has 0 unspecified atom stereocenters. The molecule has 0 N–H and O–H groups in total. The predicted octanol–water partition coefficient (Wildman–Crippen LogP) is 3.74. The van der Waals surface area contributed by atoms with Crippen molar-refractivity contribution >= 4 is 23.0 Å². The average molecular weight is 275 g/mol. The van der Waals surface area contributed by atoms with Crippen molar-refractivity contribution in [2.45, 2.75) is 12.3 Å². The lowest BCUT2D eigenvalue weighted by Gasteiger charge is -2.24. The summed E-state index contributed by atoms with van der Waals surface area (Å²) in [6.45, 7) is 1.68. The second-order valence-electron chi connectivity index (χ2n) is 4.46. The van der Waals surface area contributed by atoms with Crippen LogP contribution in [0.5, 0.6) is 5.75 Å². The zero-order chi connectivity index (χ0) is 13.1. The molecule has 1 aliphatic heterocycles. The second-order valence-corrected chi connectivity index (χ2v) is 4.73. The predicted molar refractivity (Wildman–Crippen MR) is 77.4 cm³/mol. The molecular weight excluding hydrogens is 260 g/mol. The quantitative estimate of drug-likeness (QED) is 0.780. The highest BCUT2D eigenvalue weighted by molar-refractivity contribution is 6.16. The maximum atomic E-state index is 5.86. The minimum atomic E-state index is 0.430. The normalized spacial score (nSPS) is 14.5. The van der Waals surface area contributed by atoms with E-state index in [0.29, 0.717) is 5.88 Å². The first kappa shape index (κ1) is 12.3. The fourth-order valence-electron chi connectivity index (χ4n) is 2.30. The van der Waals surface area contributed by atoms with E-state index in [0.717, 1.165) is 42.4 Å². The maximum Gasteiger partial charge on any atom is 0.142 e. The van der Waals surface area contributed by atoms with E-state index in [1.807, 2.05) is 30.3 Å². The van der Waals surface area contributed by atoms with Gasteiger partial charge in [-0.3, -0.25) is 4.98 Å². The molecule has 0 radical (unpaired) electrons. The third-order valence-electron chi connectivity index (χ3n) is 3.19. The molecule has 0 fully saturated rings. The number of alkyl halides is 1. The first-order valence-electron chi connectivity index (χ1n) is 6.39. The zero-order valence-electron chi connectivity index (χ0n) is 10.6. The third kappa shape index (κ3) is 2.51. The van der Waals surface area contributed by atoms with Gasteiger partial charge in [-0.1, -0.05) is 12.1 Å². The molecule has 0 amide bonds. The van der Waals surface area contributed by atoms with Crippen molar-refractivity contribution in [2.24, 2.45) is 0 Å². The zero-order valence-corrected chi connectivity index (χ0v) is 11.3. The summed E-state index contributed by atoms with van der Waals surface area (Å²) in [5.74, 6) is 1.36. The fraction of sp³-hybridized carbons (Fsp3) is 0.267. The first-order chi connectivity index (χ1) is 9.38. The molecule has 0 saturated carbocycles. The smallest absolute Gasteiger partial charge is 0.142 e. The van der Waals surface area contributed by atoms with Crippen molar-refractivity contribution in [3.63, 3.8) is 0 Å². The summed E-state index contributed by atoms with van der Waals surface area (Å²) in [6.07, 6.45) is 2.80. The van der Waals surface area contributed by atoms with Gasteiger partial charge in [0.15, 0.2) is 0 Å². The van der Waals surface area contributed by atoms with E-state index in [1.54, 1.807) is 6.20 Å². The van der Waals surface area contributed by atoms with E-state index in [2.05, 4.69) is 16.0 Å². The summed E-state index contributed by atoms with van der Waals surface area (Å²) < 4.78 is 5.77. The summed E-state index contributed by atoms with van der Waals surface area (Å²) in [6, 6.07) is 12.2. The molecule has 0 aliphatic carbocycles. The van der Waals surface area contributed by atoms with Gasteiger partial charge in [0.25, 0.3) is 0 Å². The molecule has 98 valence electrons. The van der Waals surface area contributed by atoms with Gasteiger partial charge in [0.1, 0.15) is 5.75 Å². The number of benzene rings is 1. The van der Waals surface area contributed by atoms with Crippen LogP contribution in [0.1, 0.15) is 12.1 Å². The van der Waals surface area contributed by atoms with E-state index < -0.39 is 0 Å². The van der Waals surface area contributed by atoms with E-state index in [-0.39, 0.29) is 0 Å². The van der Waals surface area contributed by atoms with Crippen molar-refractivity contribution in [1.29, 1.82) is 0 Å². The van der Waals surface area contributed by atoms with Crippen molar-refractivity contribution in [2.75, 3.05) is 18.1 Å². The number of aromatic nitrogens is 1. The molecule has 0 spiro atoms. The summed E-state index contributed by atoms with van der Waals surface area (Å²) in [5, 5.41) is 0. The Morgan fingerprint density at radius 3 is 3.05 bits per heavy atom. The lowest BCUT2D eigenvalue weighted by Crippen LogP contribution is -2.17. The van der Waals surface area contributed by atoms with Gasteiger partial charge in [-0.25, -0.2) is 0 Å². The molecule has 2 aromatic rings. The number of para-hydroxylation sites is 2. The molecule has 1 aromatic heterocycles. The van der Waals surface area contributed by atoms with Crippen LogP contribution in [-0.2, 0) is 5.88 Å². The summed E-state index contributed by atoms with van der Waals surface area (Å²) in [7, 11) is 0. The Labute approximate surface area is 117 Å². The Balaban J connectivity index is 2.03. The minimum Gasteiger partial charge on any atom is -0.491 e. The van der Waals surface area contributed by atoms with E-state index in [9.17, 15) is 0 Å². The third-order valence-corrected chi connectivity index (χ3v) is 3.46. The van der Waals surface area contributed by atoms with Crippen LogP contribution in [-0.4, -0.2) is 18.1 Å². The topological polar surface area (TPSA) is 25.4 Å². The summed E-state index contributed by atoms with van der Waals surface area (Å²) >= 11 is 5.86. The molecule has 0 atom stereocenters. The standard InChI is InChI=1S/C15H15ClN2O/c16-11-12-10-13(6-7-17-12)18-8-3-9-19-15-5-2-1-4-14(15)18/h1-2,4-7,10H,3,8-9,11H2. The van der Waals surface area contributed by atoms with Crippen LogP contribution in [0.15, 0.2) is 42.6 Å². The summed E-state index contributed by atoms with van der Waals surface area (Å²) in [4.78, 5) is 6.51. The molecule has 3 nitrogen and oxygen atoms in total. The van der Waals surface area contributed by atoms with Crippen molar-refractivity contribution < 1.29 is 4.74 Å². The van der Waals surface area contributed by atoms with Gasteiger partial charge in [-0.2, -0.15) is 0 Å². The number of pyridine rings is 1. The molecule has 3 rings (SSSR count). The Hall–Kier alpha value is -1.74. The number of hydrogen-bond acceptors (Lipinski definition) is 3. The van der Waals surface area contributed by atoms with Crippen LogP contribution in [0.2, 0.25) is 0 Å². The highest BCUT2D eigenvalue weighted by atomic mass is 35.5. The van der Waals surface area contributed by atoms with Crippen LogP contribution < -0.4 is 9.64 Å². The van der Waals surface area contributed by atoms with Gasteiger partial charge in [-0.05, 0) is 30.7 Å². The minimum absolute atomic E-state index is 0.430. The molecule has 19 heavy (non-hydrogen) atoms. The second kappa shape index (κ2) is 5.49. The van der Waals surface area contributed by atoms with Gasteiger partial charge in [0.2, 0.25) is 0 Å². The van der Waals surface area contributed by atoms with Gasteiger partial charge in [0.05, 0.1) is 23.9 Å². The Bertz CT molecular complexity index is 574. The average Bonchev–Trinajstić information content (AvgIpc) is 2.69. The van der Waals surface area contributed by atoms with Gasteiger partial charge < -0.3 is 9.64 Å². The van der Waals surface area contributed by atoms with Crippen LogP contribution >= 0.6 is 11.6 Å². The molecule has 1 aliphatic rings. The molecule has 0 saturated heterocycles. The van der Waals surface area contributed by atoms with Crippen LogP contribution in [0.3, 0.4) is 0 Å². The molecule has 4 heteroatoms. The molecule has 0 bridgehead atoms. The van der Waals surface area contributed by atoms with Crippen LogP contribution in [0.4, 0.5) is 11.4 Å². The monoisotopic (exact) mass is 274 g/mol. The number of hydrogen-bond donors (Lipinski definition) is 0. The van der Waals surface area contributed by atoms with Gasteiger partial charge >= 0.3 is 0 Å². The molecule has 2 heterocycles. The van der Waals surface area contributed by atoms with Crippen molar-refractivity contribution in [3.05, 3.63) is 48.3 Å². The van der Waals surface area contributed by atoms with Crippen LogP contribution in [0.25, 0.3) is 0 Å². The van der Waals surface area contributed by atoms with E-state index in [4.69, 9.17) is 16.3 Å². The van der Waals surface area contributed by atoms with Gasteiger partial charge in [0, 0.05) is 18.4 Å². The highest BCUT2D eigenvalue weighted by Gasteiger charge is 2.17. The number of anilines is 2. The largest absolute Gasteiger partial charge is 0.491 e. The van der Waals surface area contributed by atoms with E-state index in [1.165, 1.54) is 0 Å². The molecular formula is C15H15ClN2O. The van der Waals surface area contributed by atoms with Crippen LogP contribution in [0, 0.1) is 0 Å². The lowest BCUT2D eigenvalue weighted by molar-refractivity contribution is 0.322. The van der Waals surface area contributed by atoms with E-state index >= 15 is 0 Å². The number of halogens is 1. The highest BCUT2D eigenvalue weighted by Crippen LogP contribution is 2.35.